The maximum Gasteiger partial charge on any atom is 0.151 e. The first kappa shape index (κ1) is 19.6. The van der Waals surface area contributed by atoms with Crippen LogP contribution < -0.4 is 10.2 Å². The average Bonchev–Trinajstić information content (AvgIpc) is 2.98. The van der Waals surface area contributed by atoms with Crippen LogP contribution in [0.3, 0.4) is 0 Å². The zero-order valence-corrected chi connectivity index (χ0v) is 18.1. The van der Waals surface area contributed by atoms with Crippen molar-refractivity contribution in [2.24, 2.45) is 7.05 Å². The van der Waals surface area contributed by atoms with Gasteiger partial charge in [-0.15, -0.1) is 10.2 Å². The first-order chi connectivity index (χ1) is 13.5. The molecular weight excluding hydrogens is 364 g/mol. The first-order valence-electron chi connectivity index (χ1n) is 10.1. The van der Waals surface area contributed by atoms with Crippen LogP contribution in [-0.4, -0.2) is 49.3 Å². The van der Waals surface area contributed by atoms with E-state index >= 15 is 0 Å². The summed E-state index contributed by atoms with van der Waals surface area (Å²) in [4.78, 5) is 2.23. The highest BCUT2D eigenvalue weighted by atomic mass is 16.3. The van der Waals surface area contributed by atoms with Gasteiger partial charge < -0.3 is 15.3 Å². The van der Waals surface area contributed by atoms with Crippen molar-refractivity contribution in [2.45, 2.75) is 57.7 Å². The molecule has 0 spiro atoms. The van der Waals surface area contributed by atoms with E-state index in [2.05, 4.69) is 60.3 Å². The van der Waals surface area contributed by atoms with Crippen LogP contribution in [0.2, 0.25) is 0 Å². The summed E-state index contributed by atoms with van der Waals surface area (Å²) in [7, 11) is 3.94. The number of phenolic OH excluding ortho intramolecular Hbond substituents is 1. The van der Waals surface area contributed by atoms with Crippen molar-refractivity contribution in [3.63, 3.8) is 0 Å². The Hall–Kier alpha value is -2.67. The maximum atomic E-state index is 10.5. The second-order valence-electron chi connectivity index (χ2n) is 9.54. The number of hydrogen-bond donors (Lipinski definition) is 2. The maximum absolute atomic E-state index is 10.5. The molecule has 154 valence electrons. The molecule has 3 heterocycles. The molecule has 1 aromatic carbocycles. The van der Waals surface area contributed by atoms with E-state index in [1.165, 1.54) is 0 Å². The predicted octanol–water partition coefficient (Wildman–Crippen LogP) is 3.48. The molecule has 2 N–H and O–H groups in total. The van der Waals surface area contributed by atoms with Gasteiger partial charge in [0.2, 0.25) is 0 Å². The van der Waals surface area contributed by atoms with Gasteiger partial charge in [-0.05, 0) is 58.7 Å². The molecule has 0 bridgehead atoms. The van der Waals surface area contributed by atoms with Crippen molar-refractivity contribution >= 4 is 16.7 Å². The number of hydrogen-bond acceptors (Lipinski definition) is 6. The quantitative estimate of drug-likeness (QED) is 0.708. The lowest BCUT2D eigenvalue weighted by atomic mass is 9.79. The highest BCUT2D eigenvalue weighted by molar-refractivity contribution is 5.87. The van der Waals surface area contributed by atoms with Gasteiger partial charge in [0.25, 0.3) is 0 Å². The molecule has 4 rings (SSSR count). The minimum atomic E-state index is 0.0684. The van der Waals surface area contributed by atoms with Crippen LogP contribution in [0.4, 0.5) is 5.82 Å². The zero-order chi connectivity index (χ0) is 21.0. The molecule has 2 aromatic heterocycles. The summed E-state index contributed by atoms with van der Waals surface area (Å²) in [5.74, 6) is 1.02. The van der Waals surface area contributed by atoms with Crippen LogP contribution in [0.25, 0.3) is 22.2 Å². The third-order valence-corrected chi connectivity index (χ3v) is 5.87. The normalized spacial score (nSPS) is 18.8. The Morgan fingerprint density at radius 3 is 2.41 bits per heavy atom. The van der Waals surface area contributed by atoms with E-state index in [-0.39, 0.29) is 16.8 Å². The van der Waals surface area contributed by atoms with E-state index in [1.807, 2.05) is 25.2 Å². The van der Waals surface area contributed by atoms with Crippen molar-refractivity contribution < 1.29 is 5.11 Å². The van der Waals surface area contributed by atoms with E-state index in [4.69, 9.17) is 0 Å². The Morgan fingerprint density at radius 2 is 1.79 bits per heavy atom. The number of phenols is 1. The number of aromatic hydroxyl groups is 1. The second kappa shape index (κ2) is 6.69. The Bertz CT molecular complexity index is 1020. The van der Waals surface area contributed by atoms with E-state index in [0.29, 0.717) is 17.3 Å². The monoisotopic (exact) mass is 394 g/mol. The Balaban J connectivity index is 1.60. The third kappa shape index (κ3) is 3.79. The summed E-state index contributed by atoms with van der Waals surface area (Å²) in [6.45, 7) is 9.00. The van der Waals surface area contributed by atoms with E-state index in [0.717, 1.165) is 29.6 Å². The topological polar surface area (TPSA) is 79.1 Å². The van der Waals surface area contributed by atoms with Gasteiger partial charge in [-0.3, -0.25) is 4.68 Å². The molecule has 0 aliphatic carbocycles. The van der Waals surface area contributed by atoms with Gasteiger partial charge in [-0.25, -0.2) is 0 Å². The molecule has 1 saturated heterocycles. The number of rotatable bonds is 3. The van der Waals surface area contributed by atoms with Crippen LogP contribution >= 0.6 is 0 Å². The predicted molar refractivity (Wildman–Crippen MR) is 116 cm³/mol. The van der Waals surface area contributed by atoms with E-state index in [1.54, 1.807) is 16.9 Å². The summed E-state index contributed by atoms with van der Waals surface area (Å²) >= 11 is 0. The molecule has 7 nitrogen and oxygen atoms in total. The van der Waals surface area contributed by atoms with Gasteiger partial charge in [0.05, 0.1) is 17.4 Å². The lowest BCUT2D eigenvalue weighted by Crippen LogP contribution is -2.62. The lowest BCUT2D eigenvalue weighted by Gasteiger charge is -2.49. The lowest BCUT2D eigenvalue weighted by molar-refractivity contribution is 0.160. The third-order valence-electron chi connectivity index (χ3n) is 5.87. The Kier molecular flexibility index (Phi) is 4.53. The Morgan fingerprint density at radius 1 is 1.10 bits per heavy atom. The molecule has 7 heteroatoms. The van der Waals surface area contributed by atoms with Crippen LogP contribution in [0.5, 0.6) is 5.75 Å². The zero-order valence-electron chi connectivity index (χ0n) is 18.1. The van der Waals surface area contributed by atoms with Crippen LogP contribution in [0, 0.1) is 0 Å². The largest absolute Gasteiger partial charge is 0.507 e. The molecule has 0 saturated carbocycles. The molecule has 0 radical (unpaired) electrons. The fourth-order valence-electron chi connectivity index (χ4n) is 4.78. The highest BCUT2D eigenvalue weighted by Gasteiger charge is 2.39. The number of piperidine rings is 1. The molecule has 29 heavy (non-hydrogen) atoms. The summed E-state index contributed by atoms with van der Waals surface area (Å²) < 4.78 is 1.74. The van der Waals surface area contributed by atoms with E-state index < -0.39 is 0 Å². The van der Waals surface area contributed by atoms with Crippen LogP contribution in [0.15, 0.2) is 30.5 Å². The molecule has 0 amide bonds. The standard InChI is InChI=1S/C22H30N6O/c1-21(2)11-15(12-22(3,4)26-21)27(5)20-8-7-17(24-25-20)16-9-14-13-23-28(6)18(14)10-19(16)29/h7-10,13,15,26,29H,11-12H2,1-6H3. The SMILES string of the molecule is CN(c1ccc(-c2cc3cnn(C)c3cc2O)nn1)C1CC(C)(C)NC(C)(C)C1. The van der Waals surface area contributed by atoms with Crippen LogP contribution in [0.1, 0.15) is 40.5 Å². The minimum absolute atomic E-state index is 0.0684. The molecule has 3 aromatic rings. The van der Waals surface area contributed by atoms with Crippen molar-refractivity contribution in [2.75, 3.05) is 11.9 Å². The second-order valence-corrected chi connectivity index (χ2v) is 9.54. The van der Waals surface area contributed by atoms with Crippen molar-refractivity contribution in [1.29, 1.82) is 0 Å². The number of anilines is 1. The van der Waals surface area contributed by atoms with Gasteiger partial charge >= 0.3 is 0 Å². The van der Waals surface area contributed by atoms with Gasteiger partial charge in [0.15, 0.2) is 5.82 Å². The number of benzene rings is 1. The summed E-state index contributed by atoms with van der Waals surface area (Å²) in [5, 5.41) is 28.3. The minimum Gasteiger partial charge on any atom is -0.507 e. The Labute approximate surface area is 171 Å². The summed E-state index contributed by atoms with van der Waals surface area (Å²) in [6.07, 6.45) is 3.86. The van der Waals surface area contributed by atoms with Gasteiger partial charge in [0, 0.05) is 48.2 Å². The number of aromatic nitrogens is 4. The van der Waals surface area contributed by atoms with Gasteiger partial charge in [0.1, 0.15) is 5.75 Å². The van der Waals surface area contributed by atoms with Crippen molar-refractivity contribution in [3.8, 4) is 17.0 Å². The van der Waals surface area contributed by atoms with Crippen molar-refractivity contribution in [3.05, 3.63) is 30.5 Å². The number of nitrogens with zero attached hydrogens (tertiary/aromatic N) is 5. The van der Waals surface area contributed by atoms with Crippen molar-refractivity contribution in [1.82, 2.24) is 25.3 Å². The number of nitrogens with one attached hydrogen (secondary N) is 1. The molecule has 1 fully saturated rings. The van der Waals surface area contributed by atoms with Crippen LogP contribution in [-0.2, 0) is 7.05 Å². The molecular formula is C22H30N6O. The molecule has 0 unspecified atom stereocenters. The van der Waals surface area contributed by atoms with E-state index in [9.17, 15) is 5.11 Å². The number of fused-ring (bicyclic) bond motifs is 1. The van der Waals surface area contributed by atoms with Gasteiger partial charge in [-0.1, -0.05) is 0 Å². The number of aryl methyl sites for hydroxylation is 1. The molecule has 0 atom stereocenters. The fourth-order valence-corrected chi connectivity index (χ4v) is 4.78. The molecule has 1 aliphatic heterocycles. The summed E-state index contributed by atoms with van der Waals surface area (Å²) in [6, 6.07) is 7.91. The van der Waals surface area contributed by atoms with Gasteiger partial charge in [-0.2, -0.15) is 5.10 Å². The average molecular weight is 395 g/mol. The molecule has 1 aliphatic rings. The highest BCUT2D eigenvalue weighted by Crippen LogP contribution is 2.34. The smallest absolute Gasteiger partial charge is 0.151 e. The fraction of sp³-hybridized carbons (Fsp3) is 0.500. The summed E-state index contributed by atoms with van der Waals surface area (Å²) in [5.41, 5.74) is 2.33. The first-order valence-corrected chi connectivity index (χ1v) is 10.1.